The Kier molecular flexibility index (Phi) is 5.76. The number of nitrogens with zero attached hydrogens (tertiary/aromatic N) is 3. The number of aromatic nitrogens is 2. The van der Waals surface area contributed by atoms with E-state index >= 15 is 0 Å². The molecule has 0 saturated carbocycles. The molecule has 1 N–H and O–H groups in total. The Morgan fingerprint density at radius 1 is 1.10 bits per heavy atom. The van der Waals surface area contributed by atoms with Gasteiger partial charge in [-0.25, -0.2) is 26.8 Å². The second-order valence-electron chi connectivity index (χ2n) is 7.23. The summed E-state index contributed by atoms with van der Waals surface area (Å²) in [5, 5.41) is 0.213. The van der Waals surface area contributed by atoms with Crippen LogP contribution >= 0.6 is 23.2 Å². The summed E-state index contributed by atoms with van der Waals surface area (Å²) in [4.78, 5) is 10.5. The lowest BCUT2D eigenvalue weighted by Gasteiger charge is -2.26. The number of halogens is 2. The highest BCUT2D eigenvalue weighted by Crippen LogP contribution is 2.32. The molecule has 3 aromatic rings. The Morgan fingerprint density at radius 2 is 1.77 bits per heavy atom. The molecular weight excluding hydrogens is 483 g/mol. The second kappa shape index (κ2) is 8.09. The summed E-state index contributed by atoms with van der Waals surface area (Å²) in [6.07, 6.45) is 0.416. The van der Waals surface area contributed by atoms with E-state index in [1.165, 1.54) is 18.2 Å². The van der Waals surface area contributed by atoms with Crippen molar-refractivity contribution in [3.63, 3.8) is 0 Å². The number of hydrogen-bond donors (Lipinski definition) is 1. The summed E-state index contributed by atoms with van der Waals surface area (Å²) >= 11 is 12.0. The second-order valence-corrected chi connectivity index (χ2v) is 12.0. The van der Waals surface area contributed by atoms with Crippen LogP contribution in [0.4, 0.5) is 11.6 Å². The third kappa shape index (κ3) is 4.57. The molecule has 0 radical (unpaired) electrons. The molecule has 1 atom stereocenters. The minimum atomic E-state index is -4.15. The molecule has 1 aliphatic rings. The average Bonchev–Trinajstić information content (AvgIpc) is 3.08. The first-order valence-electron chi connectivity index (χ1n) is 9.24. The fourth-order valence-corrected chi connectivity index (χ4v) is 6.97. The van der Waals surface area contributed by atoms with Crippen LogP contribution in [-0.4, -0.2) is 51.4 Å². The lowest BCUT2D eigenvalue weighted by molar-refractivity contribution is 0.598. The van der Waals surface area contributed by atoms with Crippen molar-refractivity contribution in [2.75, 3.05) is 28.2 Å². The van der Waals surface area contributed by atoms with Crippen molar-refractivity contribution in [2.45, 2.75) is 17.4 Å². The van der Waals surface area contributed by atoms with E-state index in [1.807, 2.05) is 0 Å². The van der Waals surface area contributed by atoms with Crippen LogP contribution in [0.15, 0.2) is 47.4 Å². The van der Waals surface area contributed by atoms with Gasteiger partial charge in [0, 0.05) is 18.1 Å². The third-order valence-corrected chi connectivity index (χ3v) is 8.86. The first-order chi connectivity index (χ1) is 14.6. The Morgan fingerprint density at radius 3 is 2.42 bits per heavy atom. The maximum atomic E-state index is 13.1. The van der Waals surface area contributed by atoms with E-state index in [1.54, 1.807) is 36.2 Å². The quantitative estimate of drug-likeness (QED) is 0.571. The highest BCUT2D eigenvalue weighted by Gasteiger charge is 2.33. The minimum absolute atomic E-state index is 0.00226. The highest BCUT2D eigenvalue weighted by atomic mass is 35.5. The molecule has 1 saturated heterocycles. The van der Waals surface area contributed by atoms with Crippen LogP contribution in [0.25, 0.3) is 11.0 Å². The van der Waals surface area contributed by atoms with Gasteiger partial charge in [0.1, 0.15) is 4.90 Å². The fourth-order valence-electron chi connectivity index (χ4n) is 3.42. The molecule has 0 aliphatic carbocycles. The van der Waals surface area contributed by atoms with Crippen LogP contribution in [-0.2, 0) is 19.9 Å². The van der Waals surface area contributed by atoms with Gasteiger partial charge in [0.25, 0.3) is 10.0 Å². The van der Waals surface area contributed by atoms with E-state index in [0.29, 0.717) is 17.5 Å². The molecule has 1 fully saturated rings. The molecule has 4 rings (SSSR count). The standard InChI is InChI=1S/C19H18Cl2N4O4S2/c1-25(13-8-9-30(26,27)11-13)19-18(22-15-4-2-3-5-16(15)23-19)24-31(28,29)17-10-12(20)6-7-14(17)21/h2-7,10,13H,8-9,11H2,1H3,(H,22,24). The van der Waals surface area contributed by atoms with E-state index in [2.05, 4.69) is 14.7 Å². The van der Waals surface area contributed by atoms with E-state index in [4.69, 9.17) is 23.2 Å². The molecule has 12 heteroatoms. The predicted octanol–water partition coefficient (Wildman–Crippen LogP) is 3.36. The highest BCUT2D eigenvalue weighted by molar-refractivity contribution is 7.93. The van der Waals surface area contributed by atoms with Crippen molar-refractivity contribution in [3.05, 3.63) is 52.5 Å². The number of nitrogens with one attached hydrogen (secondary N) is 1. The summed E-state index contributed by atoms with van der Waals surface area (Å²) in [6, 6.07) is 10.8. The van der Waals surface area contributed by atoms with Crippen molar-refractivity contribution in [1.29, 1.82) is 0 Å². The molecule has 2 heterocycles. The summed E-state index contributed by atoms with van der Waals surface area (Å²) in [6.45, 7) is 0. The van der Waals surface area contributed by atoms with Gasteiger partial charge >= 0.3 is 0 Å². The molecule has 1 unspecified atom stereocenters. The topological polar surface area (TPSA) is 109 Å². The average molecular weight is 501 g/mol. The summed E-state index contributed by atoms with van der Waals surface area (Å²) in [5.41, 5.74) is 1.03. The molecule has 1 aromatic heterocycles. The first-order valence-corrected chi connectivity index (χ1v) is 13.3. The van der Waals surface area contributed by atoms with E-state index < -0.39 is 19.9 Å². The maximum absolute atomic E-state index is 13.1. The Labute approximate surface area is 190 Å². The normalized spacial score (nSPS) is 18.2. The molecule has 8 nitrogen and oxygen atoms in total. The van der Waals surface area contributed by atoms with Crippen LogP contribution in [0.5, 0.6) is 0 Å². The van der Waals surface area contributed by atoms with Crippen molar-refractivity contribution in [2.24, 2.45) is 0 Å². The number of hydrogen-bond acceptors (Lipinski definition) is 7. The lowest BCUT2D eigenvalue weighted by Crippen LogP contribution is -2.34. The van der Waals surface area contributed by atoms with Gasteiger partial charge in [-0.05, 0) is 36.8 Å². The fraction of sp³-hybridized carbons (Fsp3) is 0.263. The van der Waals surface area contributed by atoms with Gasteiger partial charge < -0.3 is 4.90 Å². The van der Waals surface area contributed by atoms with Gasteiger partial charge in [-0.3, -0.25) is 4.72 Å². The van der Waals surface area contributed by atoms with Crippen LogP contribution < -0.4 is 9.62 Å². The SMILES string of the molecule is CN(c1nc2ccccc2nc1NS(=O)(=O)c1cc(Cl)ccc1Cl)C1CCS(=O)(=O)C1. The Balaban J connectivity index is 1.81. The maximum Gasteiger partial charge on any atom is 0.264 e. The molecule has 1 aliphatic heterocycles. The first kappa shape index (κ1) is 22.1. The largest absolute Gasteiger partial charge is 0.353 e. The van der Waals surface area contributed by atoms with Crippen molar-refractivity contribution < 1.29 is 16.8 Å². The third-order valence-electron chi connectivity index (χ3n) is 5.06. The lowest BCUT2D eigenvalue weighted by atomic mass is 10.2. The molecule has 0 amide bonds. The summed E-state index contributed by atoms with van der Waals surface area (Å²) < 4.78 is 52.5. The Hall–Kier alpha value is -2.14. The zero-order valence-electron chi connectivity index (χ0n) is 16.3. The van der Waals surface area contributed by atoms with E-state index in [0.717, 1.165) is 0 Å². The number of para-hydroxylation sites is 2. The summed E-state index contributed by atoms with van der Waals surface area (Å²) in [5.74, 6) is 0.232. The van der Waals surface area contributed by atoms with Crippen LogP contribution in [0.3, 0.4) is 0 Å². The zero-order chi connectivity index (χ0) is 22.4. The van der Waals surface area contributed by atoms with Gasteiger partial charge in [-0.2, -0.15) is 0 Å². The zero-order valence-corrected chi connectivity index (χ0v) is 19.4. The van der Waals surface area contributed by atoms with Gasteiger partial charge in [0.2, 0.25) is 0 Å². The van der Waals surface area contributed by atoms with Crippen LogP contribution in [0, 0.1) is 0 Å². The number of rotatable bonds is 5. The number of fused-ring (bicyclic) bond motifs is 1. The monoisotopic (exact) mass is 500 g/mol. The Bertz CT molecular complexity index is 1380. The predicted molar refractivity (Wildman–Crippen MR) is 122 cm³/mol. The number of benzene rings is 2. The van der Waals surface area contributed by atoms with Gasteiger partial charge in [0.05, 0.1) is 27.6 Å². The van der Waals surface area contributed by atoms with Crippen molar-refractivity contribution >= 4 is 65.7 Å². The smallest absolute Gasteiger partial charge is 0.264 e. The molecule has 0 spiro atoms. The molecular formula is C19H18Cl2N4O4S2. The molecule has 2 aromatic carbocycles. The van der Waals surface area contributed by atoms with Gasteiger partial charge in [-0.15, -0.1) is 0 Å². The number of sulfonamides is 1. The van der Waals surface area contributed by atoms with Crippen LogP contribution in [0.2, 0.25) is 10.0 Å². The molecule has 0 bridgehead atoms. The van der Waals surface area contributed by atoms with Gasteiger partial charge in [0.15, 0.2) is 21.5 Å². The van der Waals surface area contributed by atoms with E-state index in [-0.39, 0.29) is 44.1 Å². The number of anilines is 2. The van der Waals surface area contributed by atoms with Crippen molar-refractivity contribution in [1.82, 2.24) is 9.97 Å². The van der Waals surface area contributed by atoms with Crippen LogP contribution in [0.1, 0.15) is 6.42 Å². The molecule has 164 valence electrons. The van der Waals surface area contributed by atoms with E-state index in [9.17, 15) is 16.8 Å². The van der Waals surface area contributed by atoms with Gasteiger partial charge in [-0.1, -0.05) is 35.3 Å². The molecule has 31 heavy (non-hydrogen) atoms. The minimum Gasteiger partial charge on any atom is -0.353 e. The summed E-state index contributed by atoms with van der Waals surface area (Å²) in [7, 11) is -5.63. The number of sulfone groups is 1. The van der Waals surface area contributed by atoms with Crippen molar-refractivity contribution in [3.8, 4) is 0 Å².